The molecule has 0 bridgehead atoms. The Labute approximate surface area is 358 Å². The van der Waals surface area contributed by atoms with Crippen molar-refractivity contribution in [3.63, 3.8) is 0 Å². The molecular formula is C60H45N. The molecule has 11 rings (SSSR count). The molecule has 61 heavy (non-hydrogen) atoms. The first kappa shape index (κ1) is 36.6. The Bertz CT molecular complexity index is 3310. The molecule has 1 aliphatic carbocycles. The highest BCUT2D eigenvalue weighted by Crippen LogP contribution is 2.56. The largest absolute Gasteiger partial charge is 0.309 e. The van der Waals surface area contributed by atoms with Crippen LogP contribution in [-0.4, -0.2) is 0 Å². The molecule has 0 fully saturated rings. The van der Waals surface area contributed by atoms with Gasteiger partial charge in [-0.25, -0.2) is 0 Å². The first-order chi connectivity index (χ1) is 30.0. The van der Waals surface area contributed by atoms with Gasteiger partial charge in [-0.2, -0.15) is 0 Å². The zero-order valence-electron chi connectivity index (χ0n) is 34.6. The van der Waals surface area contributed by atoms with E-state index in [1.165, 1.54) is 93.5 Å². The highest BCUT2D eigenvalue weighted by atomic mass is 15.1. The lowest BCUT2D eigenvalue weighted by Gasteiger charge is -2.31. The van der Waals surface area contributed by atoms with Gasteiger partial charge in [0.25, 0.3) is 0 Å². The summed E-state index contributed by atoms with van der Waals surface area (Å²) < 4.78 is 0. The van der Waals surface area contributed by atoms with E-state index in [9.17, 15) is 0 Å². The molecule has 1 heteroatoms. The molecule has 10 aromatic carbocycles. The summed E-state index contributed by atoms with van der Waals surface area (Å²) in [6.45, 7) is 8.78. The summed E-state index contributed by atoms with van der Waals surface area (Å²) in [5, 5.41) is 7.38. The number of anilines is 3. The molecule has 0 spiro atoms. The van der Waals surface area contributed by atoms with Crippen LogP contribution in [0.1, 0.15) is 30.5 Å². The molecule has 290 valence electrons. The number of fused-ring (bicyclic) bond motifs is 6. The summed E-state index contributed by atoms with van der Waals surface area (Å²) in [5.41, 5.74) is 17.1. The predicted octanol–water partition coefficient (Wildman–Crippen LogP) is 16.7. The van der Waals surface area contributed by atoms with E-state index < -0.39 is 0 Å². The van der Waals surface area contributed by atoms with Crippen LogP contribution in [0.4, 0.5) is 17.1 Å². The molecule has 0 heterocycles. The number of allylic oxidation sites excluding steroid dienone is 1. The van der Waals surface area contributed by atoms with Crippen LogP contribution >= 0.6 is 0 Å². The highest BCUT2D eigenvalue weighted by Gasteiger charge is 2.37. The van der Waals surface area contributed by atoms with Crippen molar-refractivity contribution in [2.45, 2.75) is 25.7 Å². The van der Waals surface area contributed by atoms with Crippen molar-refractivity contribution >= 4 is 49.4 Å². The van der Waals surface area contributed by atoms with Crippen LogP contribution in [0.25, 0.3) is 76.8 Å². The molecular weight excluding hydrogens is 735 g/mol. The van der Waals surface area contributed by atoms with E-state index in [0.29, 0.717) is 0 Å². The van der Waals surface area contributed by atoms with Gasteiger partial charge in [-0.05, 0) is 125 Å². The normalized spacial score (nSPS) is 12.7. The fourth-order valence-corrected chi connectivity index (χ4v) is 10.00. The maximum absolute atomic E-state index is 4.03. The summed E-state index contributed by atoms with van der Waals surface area (Å²) in [6.07, 6.45) is 2.80. The second kappa shape index (κ2) is 14.7. The third-order valence-corrected chi connectivity index (χ3v) is 13.0. The molecule has 1 nitrogen and oxygen atoms in total. The number of nitrogens with zero attached hydrogens (tertiary/aromatic N) is 1. The Balaban J connectivity index is 1.22. The average molecular weight is 780 g/mol. The Morgan fingerprint density at radius 2 is 1.00 bits per heavy atom. The van der Waals surface area contributed by atoms with Gasteiger partial charge in [0.2, 0.25) is 0 Å². The Hall–Kier alpha value is -7.48. The zero-order valence-corrected chi connectivity index (χ0v) is 34.6. The summed E-state index contributed by atoms with van der Waals surface area (Å²) in [7, 11) is 0. The van der Waals surface area contributed by atoms with Gasteiger partial charge < -0.3 is 4.90 Å². The number of rotatable bonds is 8. The van der Waals surface area contributed by atoms with Gasteiger partial charge in [0.15, 0.2) is 0 Å². The van der Waals surface area contributed by atoms with E-state index in [4.69, 9.17) is 0 Å². The topological polar surface area (TPSA) is 3.24 Å². The minimum atomic E-state index is -0.142. The lowest BCUT2D eigenvalue weighted by Crippen LogP contribution is -2.15. The second-order valence-corrected chi connectivity index (χ2v) is 16.9. The van der Waals surface area contributed by atoms with Gasteiger partial charge in [0.1, 0.15) is 0 Å². The van der Waals surface area contributed by atoms with Gasteiger partial charge in [0.05, 0.1) is 5.69 Å². The van der Waals surface area contributed by atoms with Crippen LogP contribution in [0.3, 0.4) is 0 Å². The molecule has 0 aliphatic heterocycles. The standard InChI is InChI=1S/C60H45N/c1-4-15-40-28-34-46(35-29-40)61(47-36-32-42(33-37-47)45-31-30-41-16-5-6-18-44(41)38-45)59-52-22-10-9-21-50(52)54(49-24-13-19-43-17-7-8-20-48(43)49)39-55(59)51-25-14-27-57-58(51)53-23-11-12-26-56(53)60(57,2)3/h4-14,16-39H,1,15H2,2-3H3. The third-order valence-electron chi connectivity index (χ3n) is 13.0. The molecule has 0 amide bonds. The molecule has 0 saturated carbocycles. The van der Waals surface area contributed by atoms with Crippen LogP contribution in [0.2, 0.25) is 0 Å². The van der Waals surface area contributed by atoms with Crippen LogP contribution in [-0.2, 0) is 11.8 Å². The van der Waals surface area contributed by atoms with E-state index in [-0.39, 0.29) is 5.41 Å². The molecule has 0 aromatic heterocycles. The quantitative estimate of drug-likeness (QED) is 0.139. The summed E-state index contributed by atoms with van der Waals surface area (Å²) in [5.74, 6) is 0. The van der Waals surface area contributed by atoms with Gasteiger partial charge in [-0.1, -0.05) is 190 Å². The van der Waals surface area contributed by atoms with Gasteiger partial charge in [-0.15, -0.1) is 6.58 Å². The smallest absolute Gasteiger partial charge is 0.0619 e. The van der Waals surface area contributed by atoms with Crippen molar-refractivity contribution < 1.29 is 0 Å². The van der Waals surface area contributed by atoms with Crippen molar-refractivity contribution in [3.05, 3.63) is 236 Å². The summed E-state index contributed by atoms with van der Waals surface area (Å²) in [4.78, 5) is 2.50. The molecule has 10 aromatic rings. The highest BCUT2D eigenvalue weighted by molar-refractivity contribution is 6.16. The van der Waals surface area contributed by atoms with E-state index in [1.807, 2.05) is 6.08 Å². The Morgan fingerprint density at radius 3 is 1.79 bits per heavy atom. The Kier molecular flexibility index (Phi) is 8.79. The summed E-state index contributed by atoms with van der Waals surface area (Å²) in [6, 6.07) is 76.5. The second-order valence-electron chi connectivity index (χ2n) is 16.9. The van der Waals surface area contributed by atoms with Gasteiger partial charge >= 0.3 is 0 Å². The number of hydrogen-bond donors (Lipinski definition) is 0. The summed E-state index contributed by atoms with van der Waals surface area (Å²) >= 11 is 0. The van der Waals surface area contributed by atoms with Crippen LogP contribution in [0.5, 0.6) is 0 Å². The van der Waals surface area contributed by atoms with Crippen LogP contribution in [0.15, 0.2) is 219 Å². The SMILES string of the molecule is C=CCc1ccc(N(c2ccc(-c3ccc4ccccc4c3)cc2)c2c(-c3cccc4c3-c3ccccc3C4(C)C)cc(-c3cccc4ccccc34)c3ccccc23)cc1. The van der Waals surface area contributed by atoms with E-state index in [2.05, 4.69) is 232 Å². The van der Waals surface area contributed by atoms with E-state index in [0.717, 1.165) is 23.5 Å². The van der Waals surface area contributed by atoms with Crippen molar-refractivity contribution in [1.29, 1.82) is 0 Å². The average Bonchev–Trinajstić information content (AvgIpc) is 3.55. The van der Waals surface area contributed by atoms with Gasteiger partial charge in [-0.3, -0.25) is 0 Å². The molecule has 0 unspecified atom stereocenters. The van der Waals surface area contributed by atoms with Crippen LogP contribution in [0, 0.1) is 0 Å². The van der Waals surface area contributed by atoms with E-state index in [1.54, 1.807) is 0 Å². The Morgan fingerprint density at radius 1 is 0.426 bits per heavy atom. The van der Waals surface area contributed by atoms with Crippen molar-refractivity contribution in [3.8, 4) is 44.5 Å². The monoisotopic (exact) mass is 779 g/mol. The minimum absolute atomic E-state index is 0.142. The maximum atomic E-state index is 4.03. The first-order valence-corrected chi connectivity index (χ1v) is 21.3. The predicted molar refractivity (Wildman–Crippen MR) is 261 cm³/mol. The van der Waals surface area contributed by atoms with Crippen molar-refractivity contribution in [1.82, 2.24) is 0 Å². The van der Waals surface area contributed by atoms with Crippen LogP contribution < -0.4 is 4.90 Å². The number of hydrogen-bond acceptors (Lipinski definition) is 1. The maximum Gasteiger partial charge on any atom is 0.0619 e. The molecule has 0 saturated heterocycles. The lowest BCUT2D eigenvalue weighted by atomic mass is 9.81. The fraction of sp³-hybridized carbons (Fsp3) is 0.0667. The van der Waals surface area contributed by atoms with E-state index >= 15 is 0 Å². The third kappa shape index (κ3) is 6.08. The van der Waals surface area contributed by atoms with Crippen molar-refractivity contribution in [2.75, 3.05) is 4.90 Å². The fourth-order valence-electron chi connectivity index (χ4n) is 10.00. The zero-order chi connectivity index (χ0) is 41.1. The molecule has 0 atom stereocenters. The lowest BCUT2D eigenvalue weighted by molar-refractivity contribution is 0.660. The first-order valence-electron chi connectivity index (χ1n) is 21.3. The molecule has 0 radical (unpaired) electrons. The minimum Gasteiger partial charge on any atom is -0.309 e. The molecule has 0 N–H and O–H groups in total. The number of benzene rings is 10. The molecule has 1 aliphatic rings. The van der Waals surface area contributed by atoms with Gasteiger partial charge in [0, 0.05) is 27.7 Å². The van der Waals surface area contributed by atoms with Crippen molar-refractivity contribution in [2.24, 2.45) is 0 Å².